The minimum Gasteiger partial charge on any atom is -0.368 e. The Labute approximate surface area is 186 Å². The number of rotatable bonds is 3. The van der Waals surface area contributed by atoms with Gasteiger partial charge in [0.1, 0.15) is 0 Å². The van der Waals surface area contributed by atoms with Gasteiger partial charge in [-0.25, -0.2) is 0 Å². The van der Waals surface area contributed by atoms with Crippen LogP contribution in [0.1, 0.15) is 5.56 Å². The molecule has 2 aromatic carbocycles. The highest BCUT2D eigenvalue weighted by molar-refractivity contribution is 7.99. The van der Waals surface area contributed by atoms with Crippen molar-refractivity contribution in [1.82, 2.24) is 4.90 Å². The molecule has 0 saturated carbocycles. The first kappa shape index (κ1) is 20.2. The van der Waals surface area contributed by atoms with E-state index in [1.165, 1.54) is 5.69 Å². The normalized spacial score (nSPS) is 23.2. The van der Waals surface area contributed by atoms with Gasteiger partial charge in [0.15, 0.2) is 0 Å². The summed E-state index contributed by atoms with van der Waals surface area (Å²) in [5, 5.41) is 11.3. The SMILES string of the molecule is O=C(C1Cc2cc([N+](=O)[O-])ccc2N2CCN(c3ccccc3)CC12)N1CCSCC1. The molecule has 2 saturated heterocycles. The smallest absolute Gasteiger partial charge is 0.269 e. The summed E-state index contributed by atoms with van der Waals surface area (Å²) < 4.78 is 0. The summed E-state index contributed by atoms with van der Waals surface area (Å²) in [6.07, 6.45) is 0.559. The van der Waals surface area contributed by atoms with E-state index in [0.717, 1.165) is 55.5 Å². The Morgan fingerprint density at radius 2 is 1.81 bits per heavy atom. The molecule has 7 nitrogen and oxygen atoms in total. The molecule has 0 bridgehead atoms. The maximum absolute atomic E-state index is 13.6. The number of anilines is 2. The first-order valence-electron chi connectivity index (χ1n) is 10.8. The molecule has 2 aromatic rings. The van der Waals surface area contributed by atoms with Crippen molar-refractivity contribution in [2.24, 2.45) is 5.92 Å². The van der Waals surface area contributed by atoms with E-state index in [9.17, 15) is 14.9 Å². The van der Waals surface area contributed by atoms with Gasteiger partial charge in [-0.1, -0.05) is 18.2 Å². The molecule has 31 heavy (non-hydrogen) atoms. The zero-order chi connectivity index (χ0) is 21.4. The summed E-state index contributed by atoms with van der Waals surface area (Å²) in [6.45, 7) is 4.01. The average molecular weight is 439 g/mol. The molecule has 2 atom stereocenters. The predicted octanol–water partition coefficient (Wildman–Crippen LogP) is 3.04. The van der Waals surface area contributed by atoms with Gasteiger partial charge in [0, 0.05) is 67.7 Å². The van der Waals surface area contributed by atoms with E-state index in [1.54, 1.807) is 12.1 Å². The standard InChI is InChI=1S/C23H26N4O3S/c28-23(24-10-12-31-13-11-24)20-15-17-14-19(27(29)30)6-7-21(17)26-9-8-25(16-22(20)26)18-4-2-1-3-5-18/h1-7,14,20,22H,8-13,15-16H2. The van der Waals surface area contributed by atoms with Crippen molar-refractivity contribution >= 4 is 34.7 Å². The number of piperazine rings is 1. The first-order valence-corrected chi connectivity index (χ1v) is 12.0. The van der Waals surface area contributed by atoms with Crippen LogP contribution in [0.2, 0.25) is 0 Å². The Hall–Kier alpha value is -2.74. The number of carbonyl (C=O) groups excluding carboxylic acids is 1. The van der Waals surface area contributed by atoms with Crippen molar-refractivity contribution in [1.29, 1.82) is 0 Å². The number of non-ortho nitro benzene ring substituents is 1. The number of fused-ring (bicyclic) bond motifs is 3. The number of nitrogens with zero attached hydrogens (tertiary/aromatic N) is 4. The fraction of sp³-hybridized carbons (Fsp3) is 0.435. The molecule has 2 fully saturated rings. The molecule has 0 radical (unpaired) electrons. The Morgan fingerprint density at radius 1 is 1.03 bits per heavy atom. The highest BCUT2D eigenvalue weighted by atomic mass is 32.2. The number of para-hydroxylation sites is 1. The monoisotopic (exact) mass is 438 g/mol. The van der Waals surface area contributed by atoms with Gasteiger partial charge in [-0.15, -0.1) is 0 Å². The molecule has 8 heteroatoms. The van der Waals surface area contributed by atoms with E-state index >= 15 is 0 Å². The molecular formula is C23H26N4O3S. The number of amides is 1. The van der Waals surface area contributed by atoms with Crippen LogP contribution in [0.25, 0.3) is 0 Å². The van der Waals surface area contributed by atoms with E-state index in [2.05, 4.69) is 21.9 Å². The molecular weight excluding hydrogens is 412 g/mol. The molecule has 1 amide bonds. The molecule has 0 aliphatic carbocycles. The summed E-state index contributed by atoms with van der Waals surface area (Å²) in [7, 11) is 0. The summed E-state index contributed by atoms with van der Waals surface area (Å²) >= 11 is 1.89. The van der Waals surface area contributed by atoms with Crippen molar-refractivity contribution in [3.8, 4) is 0 Å². The largest absolute Gasteiger partial charge is 0.368 e. The number of benzene rings is 2. The van der Waals surface area contributed by atoms with Crippen molar-refractivity contribution in [3.05, 3.63) is 64.2 Å². The van der Waals surface area contributed by atoms with Crippen LogP contribution < -0.4 is 9.80 Å². The third-order valence-corrected chi connectivity index (χ3v) is 7.61. The van der Waals surface area contributed by atoms with Gasteiger partial charge in [-0.05, 0) is 30.2 Å². The van der Waals surface area contributed by atoms with Crippen molar-refractivity contribution < 1.29 is 9.72 Å². The van der Waals surface area contributed by atoms with Gasteiger partial charge < -0.3 is 14.7 Å². The highest BCUT2D eigenvalue weighted by Crippen LogP contribution is 2.39. The predicted molar refractivity (Wildman–Crippen MR) is 124 cm³/mol. The second-order valence-electron chi connectivity index (χ2n) is 8.36. The maximum atomic E-state index is 13.6. The van der Waals surface area contributed by atoms with Gasteiger partial charge in [0.2, 0.25) is 5.91 Å². The third kappa shape index (κ3) is 3.84. The lowest BCUT2D eigenvalue weighted by Gasteiger charge is -2.50. The lowest BCUT2D eigenvalue weighted by molar-refractivity contribution is -0.384. The summed E-state index contributed by atoms with van der Waals surface area (Å²) in [5.74, 6) is 1.96. The Balaban J connectivity index is 1.49. The van der Waals surface area contributed by atoms with Gasteiger partial charge in [0.25, 0.3) is 5.69 Å². The van der Waals surface area contributed by atoms with Gasteiger partial charge in [-0.3, -0.25) is 14.9 Å². The second-order valence-corrected chi connectivity index (χ2v) is 9.59. The van der Waals surface area contributed by atoms with Crippen LogP contribution in [0.5, 0.6) is 0 Å². The second kappa shape index (κ2) is 8.42. The van der Waals surface area contributed by atoms with E-state index in [0.29, 0.717) is 6.42 Å². The van der Waals surface area contributed by atoms with Gasteiger partial charge in [0.05, 0.1) is 16.9 Å². The number of carbonyl (C=O) groups is 1. The lowest BCUT2D eigenvalue weighted by Crippen LogP contribution is -2.62. The van der Waals surface area contributed by atoms with Crippen LogP contribution in [0.4, 0.5) is 17.1 Å². The number of hydrogen-bond donors (Lipinski definition) is 0. The highest BCUT2D eigenvalue weighted by Gasteiger charge is 2.43. The quantitative estimate of drug-likeness (QED) is 0.542. The van der Waals surface area contributed by atoms with E-state index in [-0.39, 0.29) is 28.5 Å². The van der Waals surface area contributed by atoms with Crippen LogP contribution in [0.15, 0.2) is 48.5 Å². The van der Waals surface area contributed by atoms with Crippen LogP contribution in [0, 0.1) is 16.0 Å². The van der Waals surface area contributed by atoms with Crippen LogP contribution in [-0.4, -0.2) is 66.0 Å². The van der Waals surface area contributed by atoms with Crippen molar-refractivity contribution in [2.75, 3.05) is 54.0 Å². The molecule has 162 valence electrons. The number of hydrogen-bond acceptors (Lipinski definition) is 6. The van der Waals surface area contributed by atoms with Gasteiger partial charge >= 0.3 is 0 Å². The zero-order valence-electron chi connectivity index (χ0n) is 17.4. The topological polar surface area (TPSA) is 69.9 Å². The van der Waals surface area contributed by atoms with Crippen LogP contribution >= 0.6 is 11.8 Å². The molecule has 3 aliphatic heterocycles. The van der Waals surface area contributed by atoms with Gasteiger partial charge in [-0.2, -0.15) is 11.8 Å². The number of nitro groups is 1. The van der Waals surface area contributed by atoms with E-state index < -0.39 is 0 Å². The fourth-order valence-corrected chi connectivity index (χ4v) is 6.00. The Bertz CT molecular complexity index is 980. The van der Waals surface area contributed by atoms with E-state index in [1.807, 2.05) is 40.9 Å². The Morgan fingerprint density at radius 3 is 2.55 bits per heavy atom. The maximum Gasteiger partial charge on any atom is 0.269 e. The minimum atomic E-state index is -0.349. The van der Waals surface area contributed by atoms with Crippen LogP contribution in [0.3, 0.4) is 0 Å². The molecule has 0 aromatic heterocycles. The summed E-state index contributed by atoms with van der Waals surface area (Å²) in [6, 6.07) is 15.5. The first-order chi connectivity index (χ1) is 15.1. The fourth-order valence-electron chi connectivity index (χ4n) is 5.10. The lowest BCUT2D eigenvalue weighted by atomic mass is 9.82. The summed E-state index contributed by atoms with van der Waals surface area (Å²) in [4.78, 5) is 31.3. The van der Waals surface area contributed by atoms with Crippen molar-refractivity contribution in [2.45, 2.75) is 12.5 Å². The Kier molecular flexibility index (Phi) is 5.48. The number of thioether (sulfide) groups is 1. The van der Waals surface area contributed by atoms with E-state index in [4.69, 9.17) is 0 Å². The minimum absolute atomic E-state index is 0.0602. The number of nitro benzene ring substituents is 1. The third-order valence-electron chi connectivity index (χ3n) is 6.67. The summed E-state index contributed by atoms with van der Waals surface area (Å²) in [5.41, 5.74) is 3.24. The molecule has 3 aliphatic rings. The molecule has 3 heterocycles. The average Bonchev–Trinajstić information content (AvgIpc) is 2.83. The molecule has 5 rings (SSSR count). The molecule has 0 spiro atoms. The van der Waals surface area contributed by atoms with Crippen molar-refractivity contribution in [3.63, 3.8) is 0 Å². The van der Waals surface area contributed by atoms with Crippen LogP contribution in [-0.2, 0) is 11.2 Å². The zero-order valence-corrected chi connectivity index (χ0v) is 18.2. The molecule has 0 N–H and O–H groups in total. The molecule has 2 unspecified atom stereocenters.